The maximum Gasteiger partial charge on any atom is 0.331 e. The molecule has 1 N–H and O–H groups in total. The monoisotopic (exact) mass is 495 g/mol. The predicted molar refractivity (Wildman–Crippen MR) is 124 cm³/mol. The Balaban J connectivity index is 1.79. The fraction of sp³-hybridized carbons (Fsp3) is 0.500. The molecule has 0 bridgehead atoms. The van der Waals surface area contributed by atoms with E-state index in [0.29, 0.717) is 11.3 Å². The molecule has 1 aromatic carbocycles. The number of thioether (sulfide) groups is 1. The standard InChI is InChI=1S/C22H26ClN3O6S/c1-12(10-14(27)31-4)24-15(13-8-6-5-7-9-13)18(28)25-16-19(29)26-17(21(30)32-11-23)22(2,3)33-20(16)26/h5-9,15-17,20H,10-11H2,1-4H3,(H,25,28)/t15?,16-,17+,20-/m1/s1. The molecule has 11 heteroatoms. The highest BCUT2D eigenvalue weighted by Gasteiger charge is 2.64. The van der Waals surface area contributed by atoms with Crippen LogP contribution in [0.3, 0.4) is 0 Å². The molecule has 2 heterocycles. The van der Waals surface area contributed by atoms with Crippen LogP contribution in [0.1, 0.15) is 38.8 Å². The Morgan fingerprint density at radius 2 is 1.94 bits per heavy atom. The second kappa shape index (κ2) is 10.1. The summed E-state index contributed by atoms with van der Waals surface area (Å²) in [5.41, 5.74) is 1.04. The van der Waals surface area contributed by atoms with E-state index in [4.69, 9.17) is 16.3 Å². The van der Waals surface area contributed by atoms with Gasteiger partial charge < -0.3 is 19.7 Å². The summed E-state index contributed by atoms with van der Waals surface area (Å²) in [5.74, 6) is -1.89. The Hall–Kier alpha value is -2.59. The smallest absolute Gasteiger partial charge is 0.331 e. The van der Waals surface area contributed by atoms with E-state index < -0.39 is 46.1 Å². The molecule has 0 spiro atoms. The van der Waals surface area contributed by atoms with Gasteiger partial charge in [-0.05, 0) is 26.3 Å². The first-order valence-corrected chi connectivity index (χ1v) is 11.7. The van der Waals surface area contributed by atoms with Crippen LogP contribution in [-0.2, 0) is 28.7 Å². The van der Waals surface area contributed by atoms with Crippen LogP contribution in [0.15, 0.2) is 35.3 Å². The number of halogens is 1. The van der Waals surface area contributed by atoms with Gasteiger partial charge in [0.25, 0.3) is 0 Å². The van der Waals surface area contributed by atoms with E-state index >= 15 is 0 Å². The van der Waals surface area contributed by atoms with Gasteiger partial charge in [0.1, 0.15) is 17.5 Å². The van der Waals surface area contributed by atoms with Gasteiger partial charge >= 0.3 is 11.9 Å². The van der Waals surface area contributed by atoms with Crippen LogP contribution in [0.2, 0.25) is 0 Å². The second-order valence-electron chi connectivity index (χ2n) is 8.25. The second-order valence-corrected chi connectivity index (χ2v) is 10.2. The minimum absolute atomic E-state index is 0.0553. The van der Waals surface area contributed by atoms with Crippen molar-refractivity contribution >= 4 is 52.8 Å². The van der Waals surface area contributed by atoms with E-state index in [1.165, 1.54) is 23.8 Å². The quantitative estimate of drug-likeness (QED) is 0.254. The summed E-state index contributed by atoms with van der Waals surface area (Å²) in [6, 6.07) is 6.01. The van der Waals surface area contributed by atoms with Crippen molar-refractivity contribution in [3.8, 4) is 0 Å². The summed E-state index contributed by atoms with van der Waals surface area (Å²) in [5, 5.41) is 2.37. The van der Waals surface area contributed by atoms with Gasteiger partial charge in [-0.1, -0.05) is 41.9 Å². The van der Waals surface area contributed by atoms with Gasteiger partial charge in [0, 0.05) is 10.5 Å². The number of amides is 2. The summed E-state index contributed by atoms with van der Waals surface area (Å²) in [6.45, 7) is 5.32. The summed E-state index contributed by atoms with van der Waals surface area (Å²) in [6.07, 6.45) is -0.0553. The number of ether oxygens (including phenoxy) is 2. The van der Waals surface area contributed by atoms with E-state index in [9.17, 15) is 19.2 Å². The Morgan fingerprint density at radius 3 is 2.55 bits per heavy atom. The molecule has 2 saturated heterocycles. The van der Waals surface area contributed by atoms with Crippen LogP contribution in [0.4, 0.5) is 0 Å². The molecular weight excluding hydrogens is 470 g/mol. The lowest BCUT2D eigenvalue weighted by Gasteiger charge is -2.44. The van der Waals surface area contributed by atoms with E-state index in [-0.39, 0.29) is 18.4 Å². The minimum atomic E-state index is -0.950. The highest BCUT2D eigenvalue weighted by atomic mass is 35.5. The number of nitrogens with one attached hydrogen (secondary N) is 1. The molecule has 3 rings (SSSR count). The number of benzene rings is 1. The molecule has 0 aromatic heterocycles. The Bertz CT molecular complexity index is 970. The summed E-state index contributed by atoms with van der Waals surface area (Å²) in [4.78, 5) is 56.0. The van der Waals surface area contributed by atoms with Crippen molar-refractivity contribution < 1.29 is 28.7 Å². The largest absolute Gasteiger partial charge is 0.469 e. The van der Waals surface area contributed by atoms with Crippen LogP contribution in [0.5, 0.6) is 0 Å². The molecule has 1 unspecified atom stereocenters. The molecular formula is C22H26ClN3O6S. The van der Waals surface area contributed by atoms with Gasteiger partial charge in [-0.2, -0.15) is 0 Å². The number of alkyl halides is 1. The van der Waals surface area contributed by atoms with Gasteiger partial charge in [0.05, 0.1) is 13.5 Å². The molecule has 2 amide bonds. The first kappa shape index (κ1) is 25.0. The molecule has 4 atom stereocenters. The third kappa shape index (κ3) is 5.16. The third-order valence-electron chi connectivity index (χ3n) is 5.50. The van der Waals surface area contributed by atoms with Crippen molar-refractivity contribution in [3.05, 3.63) is 35.9 Å². The molecule has 33 heavy (non-hydrogen) atoms. The number of nitrogens with zero attached hydrogens (tertiary/aromatic N) is 2. The van der Waals surface area contributed by atoms with Gasteiger partial charge in [-0.3, -0.25) is 19.4 Å². The van der Waals surface area contributed by atoms with E-state index in [1.807, 2.05) is 19.9 Å². The maximum absolute atomic E-state index is 13.2. The van der Waals surface area contributed by atoms with Gasteiger partial charge in [-0.15, -0.1) is 11.8 Å². The van der Waals surface area contributed by atoms with Crippen molar-refractivity contribution in [3.63, 3.8) is 0 Å². The molecule has 0 saturated carbocycles. The van der Waals surface area contributed by atoms with Gasteiger partial charge in [0.2, 0.25) is 11.8 Å². The fourth-order valence-electron chi connectivity index (χ4n) is 3.96. The van der Waals surface area contributed by atoms with Crippen molar-refractivity contribution in [1.29, 1.82) is 0 Å². The highest BCUT2D eigenvalue weighted by Crippen LogP contribution is 2.51. The Labute approximate surface area is 201 Å². The van der Waals surface area contributed by atoms with Crippen LogP contribution < -0.4 is 5.32 Å². The van der Waals surface area contributed by atoms with Crippen molar-refractivity contribution in [2.24, 2.45) is 4.99 Å². The number of hydrogen-bond donors (Lipinski definition) is 1. The molecule has 0 radical (unpaired) electrons. The number of hydrogen-bond acceptors (Lipinski definition) is 8. The molecule has 178 valence electrons. The molecule has 2 fully saturated rings. The van der Waals surface area contributed by atoms with Crippen molar-refractivity contribution in [2.45, 2.75) is 55.4 Å². The zero-order valence-corrected chi connectivity index (χ0v) is 20.3. The Kier molecular flexibility index (Phi) is 7.69. The van der Waals surface area contributed by atoms with Crippen LogP contribution in [0.25, 0.3) is 0 Å². The minimum Gasteiger partial charge on any atom is -0.469 e. The molecule has 9 nitrogen and oxygen atoms in total. The average Bonchev–Trinajstić information content (AvgIpc) is 3.04. The van der Waals surface area contributed by atoms with Crippen molar-refractivity contribution in [1.82, 2.24) is 10.2 Å². The number of methoxy groups -OCH3 is 1. The summed E-state index contributed by atoms with van der Waals surface area (Å²) in [7, 11) is 1.28. The van der Waals surface area contributed by atoms with Crippen LogP contribution >= 0.6 is 23.4 Å². The van der Waals surface area contributed by atoms with E-state index in [2.05, 4.69) is 15.0 Å². The number of carbonyl (C=O) groups excluding carboxylic acids is 4. The number of β-lactam (4-membered cyclic amide) rings is 1. The zero-order valence-electron chi connectivity index (χ0n) is 18.7. The fourth-order valence-corrected chi connectivity index (χ4v) is 5.69. The Morgan fingerprint density at radius 1 is 1.27 bits per heavy atom. The lowest BCUT2D eigenvalue weighted by Crippen LogP contribution is -2.71. The molecule has 0 aliphatic carbocycles. The number of fused-ring (bicyclic) bond motifs is 1. The zero-order chi connectivity index (χ0) is 24.3. The van der Waals surface area contributed by atoms with Gasteiger partial charge in [-0.25, -0.2) is 4.79 Å². The topological polar surface area (TPSA) is 114 Å². The first-order chi connectivity index (χ1) is 15.6. The third-order valence-corrected chi connectivity index (χ3v) is 7.18. The number of carbonyl (C=O) groups is 4. The normalized spacial score (nSPS) is 24.4. The summed E-state index contributed by atoms with van der Waals surface area (Å²) < 4.78 is 8.99. The summed E-state index contributed by atoms with van der Waals surface area (Å²) >= 11 is 6.94. The predicted octanol–water partition coefficient (Wildman–Crippen LogP) is 2.04. The lowest BCUT2D eigenvalue weighted by molar-refractivity contribution is -0.163. The van der Waals surface area contributed by atoms with Crippen LogP contribution in [0, 0.1) is 0 Å². The van der Waals surface area contributed by atoms with E-state index in [0.717, 1.165) is 0 Å². The first-order valence-electron chi connectivity index (χ1n) is 10.3. The average molecular weight is 496 g/mol. The highest BCUT2D eigenvalue weighted by molar-refractivity contribution is 8.01. The SMILES string of the molecule is COC(=O)CC(C)=NC(C(=O)N[C@@H]1C(=O)N2[C@@H]1SC(C)(C)[C@@H]2C(=O)OCCl)c1ccccc1. The van der Waals surface area contributed by atoms with Crippen LogP contribution in [-0.4, -0.2) is 69.7 Å². The molecule has 1 aromatic rings. The van der Waals surface area contributed by atoms with Crippen molar-refractivity contribution in [2.75, 3.05) is 13.2 Å². The molecule has 2 aliphatic rings. The van der Waals surface area contributed by atoms with Gasteiger partial charge in [0.15, 0.2) is 12.1 Å². The number of esters is 2. The maximum atomic E-state index is 13.2. The molecule has 2 aliphatic heterocycles. The lowest BCUT2D eigenvalue weighted by atomic mass is 9.95. The number of aliphatic imine (C=N–C) groups is 1. The van der Waals surface area contributed by atoms with E-state index in [1.54, 1.807) is 31.2 Å². The number of rotatable bonds is 8.